The first-order chi connectivity index (χ1) is 11.2. The molecule has 0 aliphatic rings. The lowest BCUT2D eigenvalue weighted by atomic mass is 10.2. The Morgan fingerprint density at radius 3 is 2.87 bits per heavy atom. The highest BCUT2D eigenvalue weighted by Crippen LogP contribution is 2.25. The van der Waals surface area contributed by atoms with E-state index in [-0.39, 0.29) is 6.03 Å². The predicted molar refractivity (Wildman–Crippen MR) is 90.3 cm³/mol. The van der Waals surface area contributed by atoms with Crippen LogP contribution in [0.4, 0.5) is 4.79 Å². The lowest BCUT2D eigenvalue weighted by molar-refractivity contribution is 0.142. The number of fused-ring (bicyclic) bond motifs is 1. The summed E-state index contributed by atoms with van der Waals surface area (Å²) in [4.78, 5) is 12.8. The number of para-hydroxylation sites is 1. The number of carbonyl (C=O) groups is 1. The average molecular weight is 330 g/mol. The molecule has 2 aromatic heterocycles. The van der Waals surface area contributed by atoms with Crippen molar-refractivity contribution >= 4 is 28.3 Å². The minimum Gasteiger partial charge on any atom is -0.458 e. The maximum atomic E-state index is 11.7. The maximum Gasteiger partial charge on any atom is 0.315 e. The van der Waals surface area contributed by atoms with E-state index < -0.39 is 6.10 Å². The lowest BCUT2D eigenvalue weighted by Gasteiger charge is -2.09. The first kappa shape index (κ1) is 15.6. The summed E-state index contributed by atoms with van der Waals surface area (Å²) in [5, 5.41) is 18.6. The van der Waals surface area contributed by atoms with Crippen molar-refractivity contribution in [3.05, 3.63) is 58.5 Å². The number of urea groups is 1. The fourth-order valence-corrected chi connectivity index (χ4v) is 2.92. The van der Waals surface area contributed by atoms with Crippen molar-refractivity contribution in [2.24, 2.45) is 0 Å². The Kier molecular flexibility index (Phi) is 4.95. The Morgan fingerprint density at radius 1 is 1.22 bits per heavy atom. The number of thiophene rings is 1. The van der Waals surface area contributed by atoms with Crippen LogP contribution in [0.25, 0.3) is 11.0 Å². The number of aliphatic hydroxyl groups is 1. The molecule has 3 rings (SSSR count). The van der Waals surface area contributed by atoms with Crippen molar-refractivity contribution in [3.63, 3.8) is 0 Å². The van der Waals surface area contributed by atoms with E-state index in [0.29, 0.717) is 25.3 Å². The highest BCUT2D eigenvalue weighted by Gasteiger charge is 2.13. The number of furan rings is 1. The zero-order valence-corrected chi connectivity index (χ0v) is 13.3. The number of rotatable bonds is 6. The van der Waals surface area contributed by atoms with Gasteiger partial charge in [0.2, 0.25) is 0 Å². The third kappa shape index (κ3) is 4.12. The number of hydrogen-bond acceptors (Lipinski definition) is 4. The quantitative estimate of drug-likeness (QED) is 0.648. The topological polar surface area (TPSA) is 74.5 Å². The van der Waals surface area contributed by atoms with Gasteiger partial charge in [-0.1, -0.05) is 24.3 Å². The van der Waals surface area contributed by atoms with Crippen molar-refractivity contribution in [3.8, 4) is 0 Å². The standard InChI is InChI=1S/C17H18N2O3S/c20-14(16-10-12-4-1-2-6-15(12)22-16)7-8-18-17(21)19-11-13-5-3-9-23-13/h1-6,9-10,14,20H,7-8,11H2,(H2,18,19,21)/t14-/m1/s1. The van der Waals surface area contributed by atoms with Crippen LogP contribution < -0.4 is 10.6 Å². The Hall–Kier alpha value is -2.31. The van der Waals surface area contributed by atoms with Crippen LogP contribution in [0.1, 0.15) is 23.2 Å². The van der Waals surface area contributed by atoms with E-state index in [9.17, 15) is 9.90 Å². The van der Waals surface area contributed by atoms with Gasteiger partial charge in [-0.3, -0.25) is 0 Å². The number of nitrogens with one attached hydrogen (secondary N) is 2. The molecular weight excluding hydrogens is 312 g/mol. The number of benzene rings is 1. The van der Waals surface area contributed by atoms with E-state index in [2.05, 4.69) is 10.6 Å². The van der Waals surface area contributed by atoms with Crippen LogP contribution >= 0.6 is 11.3 Å². The van der Waals surface area contributed by atoms with E-state index >= 15 is 0 Å². The summed E-state index contributed by atoms with van der Waals surface area (Å²) in [6.07, 6.45) is -0.341. The summed E-state index contributed by atoms with van der Waals surface area (Å²) in [6.45, 7) is 0.879. The average Bonchev–Trinajstić information content (AvgIpc) is 3.22. The fourth-order valence-electron chi connectivity index (χ4n) is 2.27. The molecule has 2 heterocycles. The van der Waals surface area contributed by atoms with E-state index in [0.717, 1.165) is 15.8 Å². The Balaban J connectivity index is 1.43. The van der Waals surface area contributed by atoms with Crippen molar-refractivity contribution in [1.29, 1.82) is 0 Å². The van der Waals surface area contributed by atoms with Crippen LogP contribution in [-0.4, -0.2) is 17.7 Å². The summed E-state index contributed by atoms with van der Waals surface area (Å²) in [6, 6.07) is 13.1. The molecule has 0 radical (unpaired) electrons. The summed E-state index contributed by atoms with van der Waals surface area (Å²) in [7, 11) is 0. The zero-order valence-electron chi connectivity index (χ0n) is 12.5. The molecule has 0 saturated carbocycles. The van der Waals surface area contributed by atoms with Gasteiger partial charge in [-0.2, -0.15) is 0 Å². The molecule has 0 saturated heterocycles. The molecule has 1 atom stereocenters. The molecule has 1 aromatic carbocycles. The fraction of sp³-hybridized carbons (Fsp3) is 0.235. The summed E-state index contributed by atoms with van der Waals surface area (Å²) in [5.74, 6) is 0.520. The highest BCUT2D eigenvalue weighted by atomic mass is 32.1. The minimum atomic E-state index is -0.736. The molecule has 0 bridgehead atoms. The second-order valence-electron chi connectivity index (χ2n) is 5.18. The third-order valence-electron chi connectivity index (χ3n) is 3.48. The minimum absolute atomic E-state index is 0.241. The van der Waals surface area contributed by atoms with Crippen LogP contribution in [0.2, 0.25) is 0 Å². The smallest absolute Gasteiger partial charge is 0.315 e. The molecule has 2 amide bonds. The van der Waals surface area contributed by atoms with Crippen molar-refractivity contribution in [2.45, 2.75) is 19.1 Å². The van der Waals surface area contributed by atoms with Crippen molar-refractivity contribution in [2.75, 3.05) is 6.54 Å². The zero-order chi connectivity index (χ0) is 16.1. The number of aliphatic hydroxyl groups excluding tert-OH is 1. The lowest BCUT2D eigenvalue weighted by Crippen LogP contribution is -2.35. The van der Waals surface area contributed by atoms with Crippen LogP contribution in [0.3, 0.4) is 0 Å². The summed E-state index contributed by atoms with van der Waals surface area (Å²) in [5.41, 5.74) is 0.753. The molecule has 0 spiro atoms. The second-order valence-corrected chi connectivity index (χ2v) is 6.21. The van der Waals surface area contributed by atoms with E-state index in [4.69, 9.17) is 4.42 Å². The maximum absolute atomic E-state index is 11.7. The predicted octanol–water partition coefficient (Wildman–Crippen LogP) is 3.42. The van der Waals surface area contributed by atoms with Crippen LogP contribution in [-0.2, 0) is 6.54 Å². The molecule has 3 N–H and O–H groups in total. The SMILES string of the molecule is O=C(NCC[C@@H](O)c1cc2ccccc2o1)NCc1cccs1. The second kappa shape index (κ2) is 7.30. The molecule has 0 unspecified atom stereocenters. The Labute approximate surface area is 137 Å². The number of carbonyl (C=O) groups excluding carboxylic acids is 1. The van der Waals surface area contributed by atoms with Gasteiger partial charge in [0.1, 0.15) is 17.4 Å². The van der Waals surface area contributed by atoms with Gasteiger partial charge in [0.05, 0.1) is 6.54 Å². The molecule has 23 heavy (non-hydrogen) atoms. The first-order valence-corrected chi connectivity index (χ1v) is 8.31. The van der Waals surface area contributed by atoms with Gasteiger partial charge in [0.25, 0.3) is 0 Å². The number of hydrogen-bond donors (Lipinski definition) is 3. The van der Waals surface area contributed by atoms with Gasteiger partial charge >= 0.3 is 6.03 Å². The number of amides is 2. The van der Waals surface area contributed by atoms with E-state index in [1.807, 2.05) is 47.8 Å². The molecule has 0 aliphatic carbocycles. The monoisotopic (exact) mass is 330 g/mol. The van der Waals surface area contributed by atoms with Gasteiger partial charge < -0.3 is 20.2 Å². The van der Waals surface area contributed by atoms with Crippen molar-refractivity contribution in [1.82, 2.24) is 10.6 Å². The molecule has 0 fully saturated rings. The van der Waals surface area contributed by atoms with Gasteiger partial charge in [-0.15, -0.1) is 11.3 Å². The third-order valence-corrected chi connectivity index (χ3v) is 4.36. The van der Waals surface area contributed by atoms with Gasteiger partial charge in [0, 0.05) is 16.8 Å². The first-order valence-electron chi connectivity index (χ1n) is 7.43. The summed E-state index contributed by atoms with van der Waals surface area (Å²) < 4.78 is 5.61. The van der Waals surface area contributed by atoms with Crippen molar-refractivity contribution < 1.29 is 14.3 Å². The van der Waals surface area contributed by atoms with E-state index in [1.165, 1.54) is 0 Å². The molecule has 3 aromatic rings. The van der Waals surface area contributed by atoms with Crippen LogP contribution in [0, 0.1) is 0 Å². The Morgan fingerprint density at radius 2 is 2.09 bits per heavy atom. The molecule has 0 aliphatic heterocycles. The summed E-state index contributed by atoms with van der Waals surface area (Å²) >= 11 is 1.60. The molecule has 5 nitrogen and oxygen atoms in total. The Bertz CT molecular complexity index is 734. The van der Waals surface area contributed by atoms with Gasteiger partial charge in [-0.05, 0) is 30.0 Å². The molecule has 120 valence electrons. The molecular formula is C17H18N2O3S. The molecule has 6 heteroatoms. The van der Waals surface area contributed by atoms with Crippen LogP contribution in [0.5, 0.6) is 0 Å². The largest absolute Gasteiger partial charge is 0.458 e. The van der Waals surface area contributed by atoms with Crippen LogP contribution in [0.15, 0.2) is 52.3 Å². The van der Waals surface area contributed by atoms with Gasteiger partial charge in [0.15, 0.2) is 0 Å². The highest BCUT2D eigenvalue weighted by molar-refractivity contribution is 7.09. The normalized spacial score (nSPS) is 12.2. The van der Waals surface area contributed by atoms with E-state index in [1.54, 1.807) is 11.3 Å². The van der Waals surface area contributed by atoms with Gasteiger partial charge in [-0.25, -0.2) is 4.79 Å².